The second-order valence-corrected chi connectivity index (χ2v) is 3.38. The summed E-state index contributed by atoms with van der Waals surface area (Å²) in [6.45, 7) is 0.385. The van der Waals surface area contributed by atoms with Crippen molar-refractivity contribution < 1.29 is 4.79 Å². The van der Waals surface area contributed by atoms with Gasteiger partial charge in [-0.05, 0) is 19.2 Å². The molecule has 1 rings (SSSR count). The molecule has 0 aromatic heterocycles. The molecule has 3 heteroatoms. The fourth-order valence-electron chi connectivity index (χ4n) is 0.925. The van der Waals surface area contributed by atoms with Crippen LogP contribution in [-0.2, 0) is 0 Å². The van der Waals surface area contributed by atoms with E-state index in [1.165, 1.54) is 0 Å². The maximum atomic E-state index is 11.3. The number of benzene rings is 1. The Morgan fingerprint density at radius 2 is 2.33 bits per heavy atom. The van der Waals surface area contributed by atoms with E-state index in [0.29, 0.717) is 6.54 Å². The number of hydrogen-bond acceptors (Lipinski definition) is 2. The number of ketones is 1. The first-order valence-electron chi connectivity index (χ1n) is 3.67. The molecule has 0 fully saturated rings. The average Bonchev–Trinajstić information content (AvgIpc) is 2.05. The third-order valence-electron chi connectivity index (χ3n) is 1.48. The highest BCUT2D eigenvalue weighted by atomic mass is 79.9. The van der Waals surface area contributed by atoms with Crippen LogP contribution in [-0.4, -0.2) is 19.4 Å². The van der Waals surface area contributed by atoms with Crippen LogP contribution in [0.15, 0.2) is 28.7 Å². The molecule has 1 aromatic carbocycles. The summed E-state index contributed by atoms with van der Waals surface area (Å²) in [5.74, 6) is 0.110. The monoisotopic (exact) mass is 227 g/mol. The van der Waals surface area contributed by atoms with Crippen LogP contribution in [0.3, 0.4) is 0 Å². The predicted molar refractivity (Wildman–Crippen MR) is 52.4 cm³/mol. The molecule has 0 spiro atoms. The molecule has 0 atom stereocenters. The molecular formula is C9H10BrNO. The molecule has 0 radical (unpaired) electrons. The number of Topliss-reactive ketones (excluding diaryl/α,β-unsaturated/α-hetero) is 1. The summed E-state index contributed by atoms with van der Waals surface area (Å²) < 4.78 is 0.935. The van der Waals surface area contributed by atoms with E-state index < -0.39 is 0 Å². The van der Waals surface area contributed by atoms with Crippen molar-refractivity contribution in [2.75, 3.05) is 13.6 Å². The van der Waals surface area contributed by atoms with Crippen molar-refractivity contribution >= 4 is 21.7 Å². The largest absolute Gasteiger partial charge is 0.313 e. The SMILES string of the molecule is CNCC(=O)c1cccc(Br)c1. The van der Waals surface area contributed by atoms with E-state index in [1.54, 1.807) is 7.05 Å². The fourth-order valence-corrected chi connectivity index (χ4v) is 1.32. The van der Waals surface area contributed by atoms with E-state index in [-0.39, 0.29) is 5.78 Å². The van der Waals surface area contributed by atoms with E-state index >= 15 is 0 Å². The Morgan fingerprint density at radius 3 is 2.92 bits per heavy atom. The molecule has 0 saturated heterocycles. The highest BCUT2D eigenvalue weighted by Crippen LogP contribution is 2.11. The number of halogens is 1. The lowest BCUT2D eigenvalue weighted by Crippen LogP contribution is -2.18. The zero-order valence-electron chi connectivity index (χ0n) is 6.80. The van der Waals surface area contributed by atoms with E-state index in [4.69, 9.17) is 0 Å². The van der Waals surface area contributed by atoms with E-state index in [1.807, 2.05) is 24.3 Å². The van der Waals surface area contributed by atoms with Crippen molar-refractivity contribution in [3.63, 3.8) is 0 Å². The maximum Gasteiger partial charge on any atom is 0.176 e. The minimum atomic E-state index is 0.110. The normalized spacial score (nSPS) is 9.83. The smallest absolute Gasteiger partial charge is 0.176 e. The van der Waals surface area contributed by atoms with Crippen molar-refractivity contribution in [3.05, 3.63) is 34.3 Å². The predicted octanol–water partition coefficient (Wildman–Crippen LogP) is 1.85. The van der Waals surface area contributed by atoms with Gasteiger partial charge >= 0.3 is 0 Å². The number of nitrogens with one attached hydrogen (secondary N) is 1. The zero-order valence-corrected chi connectivity index (χ0v) is 8.39. The molecule has 0 unspecified atom stereocenters. The molecule has 0 aliphatic heterocycles. The van der Waals surface area contributed by atoms with Crippen LogP contribution in [0.1, 0.15) is 10.4 Å². The molecule has 0 heterocycles. The number of likely N-dealkylation sites (N-methyl/N-ethyl adjacent to an activating group) is 1. The molecule has 0 bridgehead atoms. The first-order chi connectivity index (χ1) is 5.74. The Balaban J connectivity index is 2.81. The second-order valence-electron chi connectivity index (χ2n) is 2.46. The maximum absolute atomic E-state index is 11.3. The molecule has 1 aromatic rings. The average molecular weight is 228 g/mol. The molecule has 2 nitrogen and oxygen atoms in total. The Labute approximate surface area is 80.1 Å². The lowest BCUT2D eigenvalue weighted by Gasteiger charge is -1.99. The van der Waals surface area contributed by atoms with Gasteiger partial charge in [0.1, 0.15) is 0 Å². The van der Waals surface area contributed by atoms with Crippen molar-refractivity contribution in [1.82, 2.24) is 5.32 Å². The summed E-state index contributed by atoms with van der Waals surface area (Å²) in [6.07, 6.45) is 0. The summed E-state index contributed by atoms with van der Waals surface area (Å²) in [6, 6.07) is 7.38. The highest BCUT2D eigenvalue weighted by molar-refractivity contribution is 9.10. The number of carbonyl (C=O) groups excluding carboxylic acids is 1. The van der Waals surface area contributed by atoms with Crippen LogP contribution in [0.4, 0.5) is 0 Å². The van der Waals surface area contributed by atoms with Crippen LogP contribution >= 0.6 is 15.9 Å². The molecule has 64 valence electrons. The van der Waals surface area contributed by atoms with E-state index in [2.05, 4.69) is 21.2 Å². The summed E-state index contributed by atoms with van der Waals surface area (Å²) in [5.41, 5.74) is 0.735. The van der Waals surface area contributed by atoms with Crippen molar-refractivity contribution in [2.45, 2.75) is 0 Å². The summed E-state index contributed by atoms with van der Waals surface area (Å²) in [5, 5.41) is 2.82. The van der Waals surface area contributed by atoms with Gasteiger partial charge in [-0.25, -0.2) is 0 Å². The quantitative estimate of drug-likeness (QED) is 0.800. The number of carbonyl (C=O) groups is 1. The van der Waals surface area contributed by atoms with E-state index in [0.717, 1.165) is 10.0 Å². The van der Waals surface area contributed by atoms with Gasteiger partial charge < -0.3 is 5.32 Å². The third-order valence-corrected chi connectivity index (χ3v) is 1.98. The van der Waals surface area contributed by atoms with Crippen LogP contribution < -0.4 is 5.32 Å². The summed E-state index contributed by atoms with van der Waals surface area (Å²) >= 11 is 3.31. The molecule has 1 N–H and O–H groups in total. The minimum absolute atomic E-state index is 0.110. The molecule has 0 aliphatic carbocycles. The first-order valence-corrected chi connectivity index (χ1v) is 4.46. The Hall–Kier alpha value is -0.670. The highest BCUT2D eigenvalue weighted by Gasteiger charge is 2.03. The lowest BCUT2D eigenvalue weighted by molar-refractivity contribution is 0.0993. The number of hydrogen-bond donors (Lipinski definition) is 1. The Kier molecular flexibility index (Phi) is 3.44. The van der Waals surface area contributed by atoms with Crippen molar-refractivity contribution in [3.8, 4) is 0 Å². The van der Waals surface area contributed by atoms with E-state index in [9.17, 15) is 4.79 Å². The summed E-state index contributed by atoms with van der Waals surface area (Å²) in [4.78, 5) is 11.3. The van der Waals surface area contributed by atoms with Gasteiger partial charge in [-0.3, -0.25) is 4.79 Å². The number of rotatable bonds is 3. The first kappa shape index (κ1) is 9.42. The van der Waals surface area contributed by atoms with Gasteiger partial charge in [-0.15, -0.1) is 0 Å². The molecular weight excluding hydrogens is 218 g/mol. The van der Waals surface area contributed by atoms with Crippen LogP contribution in [0.2, 0.25) is 0 Å². The lowest BCUT2D eigenvalue weighted by atomic mass is 10.1. The molecule has 0 saturated carbocycles. The summed E-state index contributed by atoms with van der Waals surface area (Å²) in [7, 11) is 1.76. The zero-order chi connectivity index (χ0) is 8.97. The minimum Gasteiger partial charge on any atom is -0.313 e. The van der Waals surface area contributed by atoms with Gasteiger partial charge in [0.05, 0.1) is 6.54 Å². The van der Waals surface area contributed by atoms with Crippen LogP contribution in [0.5, 0.6) is 0 Å². The molecule has 0 amide bonds. The second kappa shape index (κ2) is 4.38. The van der Waals surface area contributed by atoms with Crippen LogP contribution in [0.25, 0.3) is 0 Å². The Bertz CT molecular complexity index is 286. The van der Waals surface area contributed by atoms with Gasteiger partial charge in [0.2, 0.25) is 0 Å². The fraction of sp³-hybridized carbons (Fsp3) is 0.222. The Morgan fingerprint density at radius 1 is 1.58 bits per heavy atom. The van der Waals surface area contributed by atoms with Gasteiger partial charge in [0, 0.05) is 10.0 Å². The van der Waals surface area contributed by atoms with Gasteiger partial charge in [0.15, 0.2) is 5.78 Å². The standard InChI is InChI=1S/C9H10BrNO/c1-11-6-9(12)7-3-2-4-8(10)5-7/h2-5,11H,6H2,1H3. The van der Waals surface area contributed by atoms with Gasteiger partial charge in [0.25, 0.3) is 0 Å². The topological polar surface area (TPSA) is 29.1 Å². The van der Waals surface area contributed by atoms with Gasteiger partial charge in [-0.2, -0.15) is 0 Å². The van der Waals surface area contributed by atoms with Crippen molar-refractivity contribution in [1.29, 1.82) is 0 Å². The molecule has 0 aliphatic rings. The van der Waals surface area contributed by atoms with Gasteiger partial charge in [-0.1, -0.05) is 28.1 Å². The molecule has 12 heavy (non-hydrogen) atoms. The van der Waals surface area contributed by atoms with Crippen LogP contribution in [0, 0.1) is 0 Å². The third kappa shape index (κ3) is 2.43. The van der Waals surface area contributed by atoms with Crippen molar-refractivity contribution in [2.24, 2.45) is 0 Å².